The topological polar surface area (TPSA) is 97.2 Å². The largest absolute Gasteiger partial charge is 0.379 e. The molecule has 4 rings (SSSR count). The van der Waals surface area contributed by atoms with Crippen molar-refractivity contribution >= 4 is 17.1 Å². The van der Waals surface area contributed by atoms with E-state index in [0.717, 1.165) is 44.8 Å². The number of morpholine rings is 1. The summed E-state index contributed by atoms with van der Waals surface area (Å²) in [5.74, 6) is 0.180. The minimum Gasteiger partial charge on any atom is -0.379 e. The van der Waals surface area contributed by atoms with Gasteiger partial charge in [0.25, 0.3) is 5.56 Å². The molecule has 1 saturated heterocycles. The molecule has 0 bridgehead atoms. The van der Waals surface area contributed by atoms with E-state index >= 15 is 0 Å². The maximum Gasteiger partial charge on any atom is 0.329 e. The second-order valence-corrected chi connectivity index (χ2v) is 7.37. The van der Waals surface area contributed by atoms with Crippen molar-refractivity contribution in [1.29, 1.82) is 0 Å². The molecule has 0 aliphatic carbocycles. The molecular formula is C20H25FN6O3. The van der Waals surface area contributed by atoms with E-state index in [0.29, 0.717) is 30.2 Å². The second kappa shape index (κ2) is 8.80. The number of aryl methyl sites for hydroxylation is 1. The maximum absolute atomic E-state index is 13.3. The molecule has 0 amide bonds. The Bertz CT molecular complexity index is 1130. The van der Waals surface area contributed by atoms with Crippen LogP contribution in [0.2, 0.25) is 0 Å². The molecule has 2 N–H and O–H groups in total. The number of nitrogens with one attached hydrogen (secondary N) is 2. The predicted molar refractivity (Wildman–Crippen MR) is 111 cm³/mol. The lowest BCUT2D eigenvalue weighted by atomic mass is 10.2. The molecule has 9 nitrogen and oxygen atoms in total. The number of benzene rings is 1. The van der Waals surface area contributed by atoms with E-state index in [1.807, 2.05) is 0 Å². The smallest absolute Gasteiger partial charge is 0.329 e. The Morgan fingerprint density at radius 1 is 1.20 bits per heavy atom. The average Bonchev–Trinajstić information content (AvgIpc) is 3.11. The highest BCUT2D eigenvalue weighted by Gasteiger charge is 2.18. The molecule has 3 aromatic rings. The molecule has 0 spiro atoms. The summed E-state index contributed by atoms with van der Waals surface area (Å²) in [6.45, 7) is 5.31. The molecule has 2 aromatic heterocycles. The van der Waals surface area contributed by atoms with Gasteiger partial charge in [0.1, 0.15) is 5.82 Å². The van der Waals surface area contributed by atoms with Crippen LogP contribution in [-0.2, 0) is 18.3 Å². The fourth-order valence-corrected chi connectivity index (χ4v) is 3.62. The first-order chi connectivity index (χ1) is 14.5. The highest BCUT2D eigenvalue weighted by Crippen LogP contribution is 2.18. The number of aromatic amines is 1. The van der Waals surface area contributed by atoms with Gasteiger partial charge in [-0.25, -0.2) is 9.18 Å². The fourth-order valence-electron chi connectivity index (χ4n) is 3.62. The second-order valence-electron chi connectivity index (χ2n) is 7.37. The number of aromatic nitrogens is 4. The van der Waals surface area contributed by atoms with Crippen molar-refractivity contribution < 1.29 is 9.13 Å². The van der Waals surface area contributed by atoms with Crippen LogP contribution in [0, 0.1) is 5.82 Å². The van der Waals surface area contributed by atoms with Gasteiger partial charge in [0.2, 0.25) is 5.95 Å². The number of hydrogen-bond acceptors (Lipinski definition) is 6. The van der Waals surface area contributed by atoms with Crippen LogP contribution in [-0.4, -0.2) is 63.4 Å². The van der Waals surface area contributed by atoms with Crippen molar-refractivity contribution in [1.82, 2.24) is 24.0 Å². The fraction of sp³-hybridized carbons (Fsp3) is 0.450. The Hall–Kier alpha value is -2.98. The van der Waals surface area contributed by atoms with E-state index in [1.54, 1.807) is 23.7 Å². The van der Waals surface area contributed by atoms with Gasteiger partial charge in [-0.15, -0.1) is 0 Å². The average molecular weight is 416 g/mol. The molecule has 0 atom stereocenters. The summed E-state index contributed by atoms with van der Waals surface area (Å²) in [6.07, 6.45) is 0.898. The lowest BCUT2D eigenvalue weighted by Gasteiger charge is -2.26. The summed E-state index contributed by atoms with van der Waals surface area (Å²) in [6, 6.07) is 6.09. The number of ether oxygens (including phenoxy) is 1. The van der Waals surface area contributed by atoms with Crippen LogP contribution in [0.25, 0.3) is 11.2 Å². The van der Waals surface area contributed by atoms with E-state index in [4.69, 9.17) is 4.74 Å². The first-order valence-electron chi connectivity index (χ1n) is 10.0. The number of anilines is 1. The van der Waals surface area contributed by atoms with Gasteiger partial charge in [-0.05, 0) is 30.7 Å². The minimum absolute atomic E-state index is 0.303. The Morgan fingerprint density at radius 3 is 2.67 bits per heavy atom. The monoisotopic (exact) mass is 416 g/mol. The summed E-state index contributed by atoms with van der Waals surface area (Å²) in [7, 11) is 1.57. The maximum atomic E-state index is 13.3. The van der Waals surface area contributed by atoms with Gasteiger partial charge in [0.05, 0.1) is 19.8 Å². The third-order valence-corrected chi connectivity index (χ3v) is 5.30. The standard InChI is InChI=1S/C20H25FN6O3/c1-25-17-16(18(28)24-20(25)29)27(13-14-3-5-15(21)6-4-14)19(23-17)22-7-2-8-26-9-11-30-12-10-26/h3-6H,2,7-13H2,1H3,(H,22,23)(H,24,28,29). The van der Waals surface area contributed by atoms with Crippen LogP contribution in [0.5, 0.6) is 0 Å². The van der Waals surface area contributed by atoms with Crippen LogP contribution < -0.4 is 16.6 Å². The molecular weight excluding hydrogens is 391 g/mol. The molecule has 1 aliphatic rings. The number of fused-ring (bicyclic) bond motifs is 1. The van der Waals surface area contributed by atoms with E-state index in [1.165, 1.54) is 16.7 Å². The van der Waals surface area contributed by atoms with Crippen molar-refractivity contribution in [3.63, 3.8) is 0 Å². The van der Waals surface area contributed by atoms with Crippen molar-refractivity contribution in [2.75, 3.05) is 44.7 Å². The van der Waals surface area contributed by atoms with E-state index in [2.05, 4.69) is 20.2 Å². The molecule has 160 valence electrons. The van der Waals surface area contributed by atoms with Crippen LogP contribution in [0.15, 0.2) is 33.9 Å². The van der Waals surface area contributed by atoms with E-state index < -0.39 is 11.2 Å². The van der Waals surface area contributed by atoms with Gasteiger partial charge in [0, 0.05) is 26.7 Å². The van der Waals surface area contributed by atoms with Crippen LogP contribution in [0.4, 0.5) is 10.3 Å². The molecule has 1 fully saturated rings. The van der Waals surface area contributed by atoms with Crippen LogP contribution in [0.3, 0.4) is 0 Å². The molecule has 3 heterocycles. The normalized spacial score (nSPS) is 15.0. The lowest BCUT2D eigenvalue weighted by molar-refractivity contribution is 0.0378. The predicted octanol–water partition coefficient (Wildman–Crippen LogP) is 0.745. The van der Waals surface area contributed by atoms with E-state index in [9.17, 15) is 14.0 Å². The molecule has 1 aromatic carbocycles. The lowest BCUT2D eigenvalue weighted by Crippen LogP contribution is -2.37. The quantitative estimate of drug-likeness (QED) is 0.552. The summed E-state index contributed by atoms with van der Waals surface area (Å²) < 4.78 is 21.7. The summed E-state index contributed by atoms with van der Waals surface area (Å²) >= 11 is 0. The Balaban J connectivity index is 1.59. The third-order valence-electron chi connectivity index (χ3n) is 5.30. The Morgan fingerprint density at radius 2 is 1.93 bits per heavy atom. The third kappa shape index (κ3) is 4.29. The number of rotatable bonds is 7. The molecule has 0 unspecified atom stereocenters. The van der Waals surface area contributed by atoms with Gasteiger partial charge in [-0.1, -0.05) is 12.1 Å². The molecule has 1 aliphatic heterocycles. The molecule has 30 heavy (non-hydrogen) atoms. The zero-order valence-corrected chi connectivity index (χ0v) is 16.9. The SMILES string of the molecule is Cn1c(=O)[nH]c(=O)c2c1nc(NCCCN1CCOCC1)n2Cc1ccc(F)cc1. The zero-order valence-electron chi connectivity index (χ0n) is 16.9. The van der Waals surface area contributed by atoms with Crippen molar-refractivity contribution in [2.24, 2.45) is 7.05 Å². The Labute approximate surface area is 172 Å². The van der Waals surface area contributed by atoms with Crippen molar-refractivity contribution in [3.8, 4) is 0 Å². The number of imidazole rings is 1. The van der Waals surface area contributed by atoms with E-state index in [-0.39, 0.29) is 5.82 Å². The summed E-state index contributed by atoms with van der Waals surface area (Å²) in [4.78, 5) is 33.7. The first-order valence-corrected chi connectivity index (χ1v) is 10.0. The molecule has 0 radical (unpaired) electrons. The van der Waals surface area contributed by atoms with Crippen molar-refractivity contribution in [3.05, 3.63) is 56.5 Å². The highest BCUT2D eigenvalue weighted by atomic mass is 19.1. The van der Waals surface area contributed by atoms with Gasteiger partial charge in [0.15, 0.2) is 11.2 Å². The number of H-pyrrole nitrogens is 1. The Kier molecular flexibility index (Phi) is 5.96. The zero-order chi connectivity index (χ0) is 21.1. The minimum atomic E-state index is -0.516. The van der Waals surface area contributed by atoms with Gasteiger partial charge >= 0.3 is 5.69 Å². The summed E-state index contributed by atoms with van der Waals surface area (Å²) in [5, 5.41) is 3.30. The van der Waals surface area contributed by atoms with Gasteiger partial charge < -0.3 is 10.1 Å². The van der Waals surface area contributed by atoms with Gasteiger partial charge in [-0.2, -0.15) is 4.98 Å². The molecule has 0 saturated carbocycles. The van der Waals surface area contributed by atoms with Crippen LogP contribution in [0.1, 0.15) is 12.0 Å². The summed E-state index contributed by atoms with van der Waals surface area (Å²) in [5.41, 5.74) is 0.417. The van der Waals surface area contributed by atoms with Crippen molar-refractivity contribution in [2.45, 2.75) is 13.0 Å². The molecule has 10 heteroatoms. The number of halogens is 1. The highest BCUT2D eigenvalue weighted by molar-refractivity contribution is 5.74. The number of nitrogens with zero attached hydrogens (tertiary/aromatic N) is 4. The van der Waals surface area contributed by atoms with Crippen LogP contribution >= 0.6 is 0 Å². The number of hydrogen-bond donors (Lipinski definition) is 2. The van der Waals surface area contributed by atoms with Gasteiger partial charge in [-0.3, -0.25) is 23.8 Å². The first kappa shape index (κ1) is 20.3.